The Balaban J connectivity index is 2.01. The van der Waals surface area contributed by atoms with E-state index in [1.165, 1.54) is 25.7 Å². The molecule has 6 heteroatoms. The van der Waals surface area contributed by atoms with Gasteiger partial charge in [-0.25, -0.2) is 0 Å². The molecule has 0 amide bonds. The third kappa shape index (κ3) is 5.36. The van der Waals surface area contributed by atoms with E-state index < -0.39 is 0 Å². The zero-order valence-corrected chi connectivity index (χ0v) is 13.3. The second-order valence-corrected chi connectivity index (χ2v) is 5.78. The van der Waals surface area contributed by atoms with E-state index in [1.54, 1.807) is 0 Å². The van der Waals surface area contributed by atoms with Gasteiger partial charge in [-0.3, -0.25) is 0 Å². The summed E-state index contributed by atoms with van der Waals surface area (Å²) in [5.74, 6) is 1.15. The highest BCUT2D eigenvalue weighted by molar-refractivity contribution is 5.27. The number of ether oxygens (including phenoxy) is 2. The summed E-state index contributed by atoms with van der Waals surface area (Å²) in [7, 11) is 0. The molecule has 0 saturated heterocycles. The summed E-state index contributed by atoms with van der Waals surface area (Å²) in [6.07, 6.45) is 6.11. The zero-order valence-electron chi connectivity index (χ0n) is 13.3. The quantitative estimate of drug-likeness (QED) is 0.794. The van der Waals surface area contributed by atoms with Crippen molar-refractivity contribution in [3.63, 3.8) is 0 Å². The van der Waals surface area contributed by atoms with Gasteiger partial charge in [0.2, 0.25) is 5.95 Å². The van der Waals surface area contributed by atoms with Gasteiger partial charge in [0.1, 0.15) is 0 Å². The summed E-state index contributed by atoms with van der Waals surface area (Å²) in [4.78, 5) is 12.8. The van der Waals surface area contributed by atoms with Crippen molar-refractivity contribution >= 4 is 5.95 Å². The minimum atomic E-state index is 0.0223. The van der Waals surface area contributed by atoms with Crippen molar-refractivity contribution in [3.8, 4) is 12.0 Å². The Labute approximate surface area is 126 Å². The molecule has 1 fully saturated rings. The molecule has 118 valence electrons. The number of nitrogens with zero attached hydrogens (tertiary/aromatic N) is 3. The molecule has 1 heterocycles. The molecule has 0 unspecified atom stereocenters. The molecule has 0 bridgehead atoms. The number of rotatable bonds is 8. The van der Waals surface area contributed by atoms with Crippen LogP contribution in [0.15, 0.2) is 0 Å². The fourth-order valence-corrected chi connectivity index (χ4v) is 2.35. The van der Waals surface area contributed by atoms with Crippen LogP contribution in [-0.4, -0.2) is 34.2 Å². The predicted octanol–water partition coefficient (Wildman–Crippen LogP) is 3.05. The maximum absolute atomic E-state index is 5.75. The fraction of sp³-hybridized carbons (Fsp3) is 0.800. The first-order valence-corrected chi connectivity index (χ1v) is 7.96. The van der Waals surface area contributed by atoms with Gasteiger partial charge in [-0.05, 0) is 39.0 Å². The Kier molecular flexibility index (Phi) is 6.02. The van der Waals surface area contributed by atoms with Gasteiger partial charge in [0.15, 0.2) is 0 Å². The topological polar surface area (TPSA) is 69.2 Å². The van der Waals surface area contributed by atoms with Crippen LogP contribution >= 0.6 is 0 Å². The Bertz CT molecular complexity index is 434. The van der Waals surface area contributed by atoms with Crippen LogP contribution in [0.2, 0.25) is 0 Å². The highest BCUT2D eigenvalue weighted by Gasteiger charge is 2.17. The Morgan fingerprint density at radius 1 is 1.14 bits per heavy atom. The Morgan fingerprint density at radius 3 is 2.52 bits per heavy atom. The molecule has 6 nitrogen and oxygen atoms in total. The van der Waals surface area contributed by atoms with Crippen LogP contribution in [0, 0.1) is 5.92 Å². The Morgan fingerprint density at radius 2 is 1.86 bits per heavy atom. The van der Waals surface area contributed by atoms with Gasteiger partial charge in [-0.15, -0.1) is 4.98 Å². The summed E-state index contributed by atoms with van der Waals surface area (Å²) < 4.78 is 11.3. The van der Waals surface area contributed by atoms with E-state index in [-0.39, 0.29) is 6.10 Å². The summed E-state index contributed by atoms with van der Waals surface area (Å²) in [5, 5.41) is 3.15. The molecule has 0 atom stereocenters. The minimum Gasteiger partial charge on any atom is -0.463 e. The smallest absolute Gasteiger partial charge is 0.324 e. The lowest BCUT2D eigenvalue weighted by molar-refractivity contribution is 0.203. The van der Waals surface area contributed by atoms with Gasteiger partial charge in [0.05, 0.1) is 12.7 Å². The summed E-state index contributed by atoms with van der Waals surface area (Å²) >= 11 is 0. The average Bonchev–Trinajstić information content (AvgIpc) is 2.95. The normalized spacial score (nSPS) is 15.4. The number of anilines is 1. The number of aromatic nitrogens is 3. The zero-order chi connectivity index (χ0) is 15.1. The Hall–Kier alpha value is -1.59. The van der Waals surface area contributed by atoms with E-state index in [0.717, 1.165) is 13.0 Å². The van der Waals surface area contributed by atoms with Crippen molar-refractivity contribution in [2.75, 3.05) is 18.5 Å². The highest BCUT2D eigenvalue weighted by atomic mass is 16.5. The largest absolute Gasteiger partial charge is 0.463 e. The van der Waals surface area contributed by atoms with E-state index in [2.05, 4.69) is 27.2 Å². The van der Waals surface area contributed by atoms with E-state index >= 15 is 0 Å². The first-order chi connectivity index (χ1) is 10.2. The van der Waals surface area contributed by atoms with Crippen molar-refractivity contribution in [1.82, 2.24) is 15.0 Å². The molecule has 1 aliphatic carbocycles. The third-order valence-corrected chi connectivity index (χ3v) is 3.39. The van der Waals surface area contributed by atoms with E-state index in [1.807, 2.05) is 13.8 Å². The monoisotopic (exact) mass is 294 g/mol. The van der Waals surface area contributed by atoms with Crippen molar-refractivity contribution in [2.24, 2.45) is 5.92 Å². The second-order valence-electron chi connectivity index (χ2n) is 5.78. The van der Waals surface area contributed by atoms with Gasteiger partial charge in [0.25, 0.3) is 0 Å². The molecule has 2 rings (SSSR count). The number of hydrogen-bond acceptors (Lipinski definition) is 6. The molecule has 0 spiro atoms. The van der Waals surface area contributed by atoms with Crippen molar-refractivity contribution < 1.29 is 9.47 Å². The SMILES string of the molecule is CCCNc1nc(OCC2CCCC2)nc(OC(C)C)n1. The highest BCUT2D eigenvalue weighted by Crippen LogP contribution is 2.25. The summed E-state index contributed by atoms with van der Waals surface area (Å²) in [6.45, 7) is 7.48. The summed E-state index contributed by atoms with van der Waals surface area (Å²) in [5.41, 5.74) is 0. The van der Waals surface area contributed by atoms with Gasteiger partial charge in [-0.1, -0.05) is 19.8 Å². The second kappa shape index (κ2) is 8.00. The van der Waals surface area contributed by atoms with Crippen LogP contribution in [-0.2, 0) is 0 Å². The number of hydrogen-bond donors (Lipinski definition) is 1. The van der Waals surface area contributed by atoms with Gasteiger partial charge >= 0.3 is 12.0 Å². The van der Waals surface area contributed by atoms with Crippen LogP contribution < -0.4 is 14.8 Å². The lowest BCUT2D eigenvalue weighted by Crippen LogP contribution is -2.15. The fourth-order valence-electron chi connectivity index (χ4n) is 2.35. The first kappa shape index (κ1) is 15.8. The van der Waals surface area contributed by atoms with Crippen LogP contribution in [0.25, 0.3) is 0 Å². The molecule has 1 aromatic rings. The molecular weight excluding hydrogens is 268 g/mol. The van der Waals surface area contributed by atoms with Crippen LogP contribution in [0.5, 0.6) is 12.0 Å². The maximum atomic E-state index is 5.75. The first-order valence-electron chi connectivity index (χ1n) is 7.96. The molecule has 1 aromatic heterocycles. The van der Waals surface area contributed by atoms with Crippen molar-refractivity contribution in [2.45, 2.75) is 59.0 Å². The predicted molar refractivity (Wildman–Crippen MR) is 81.8 cm³/mol. The lowest BCUT2D eigenvalue weighted by Gasteiger charge is -2.13. The molecule has 0 radical (unpaired) electrons. The van der Waals surface area contributed by atoms with E-state index in [4.69, 9.17) is 9.47 Å². The van der Waals surface area contributed by atoms with Gasteiger partial charge in [0, 0.05) is 6.54 Å². The molecule has 1 N–H and O–H groups in total. The number of nitrogens with one attached hydrogen (secondary N) is 1. The van der Waals surface area contributed by atoms with E-state index in [0.29, 0.717) is 30.5 Å². The standard InChI is InChI=1S/C15H26N4O2/c1-4-9-16-13-17-14(19-15(18-13)21-11(2)3)20-10-12-7-5-6-8-12/h11-12H,4-10H2,1-3H3,(H,16,17,18,19). The van der Waals surface area contributed by atoms with E-state index in [9.17, 15) is 0 Å². The van der Waals surface area contributed by atoms with Crippen LogP contribution in [0.1, 0.15) is 52.9 Å². The lowest BCUT2D eigenvalue weighted by atomic mass is 10.1. The molecule has 1 saturated carbocycles. The average molecular weight is 294 g/mol. The molecule has 21 heavy (non-hydrogen) atoms. The minimum absolute atomic E-state index is 0.0223. The molecule has 1 aliphatic rings. The molecule has 0 aromatic carbocycles. The van der Waals surface area contributed by atoms with Crippen LogP contribution in [0.3, 0.4) is 0 Å². The maximum Gasteiger partial charge on any atom is 0.324 e. The van der Waals surface area contributed by atoms with Gasteiger partial charge < -0.3 is 14.8 Å². The molecular formula is C15H26N4O2. The van der Waals surface area contributed by atoms with Gasteiger partial charge in [-0.2, -0.15) is 9.97 Å². The van der Waals surface area contributed by atoms with Crippen molar-refractivity contribution in [3.05, 3.63) is 0 Å². The summed E-state index contributed by atoms with van der Waals surface area (Å²) in [6, 6.07) is 0.672. The third-order valence-electron chi connectivity index (χ3n) is 3.39. The molecule has 0 aliphatic heterocycles. The van der Waals surface area contributed by atoms with Crippen molar-refractivity contribution in [1.29, 1.82) is 0 Å². The van der Waals surface area contributed by atoms with Crippen LogP contribution in [0.4, 0.5) is 5.95 Å².